The van der Waals surface area contributed by atoms with Crippen LogP contribution in [0.3, 0.4) is 0 Å². The highest BCUT2D eigenvalue weighted by atomic mass is 16.2. The fourth-order valence-corrected chi connectivity index (χ4v) is 1.60. The minimum Gasteiger partial charge on any atom is -0.342 e. The van der Waals surface area contributed by atoms with E-state index in [0.717, 1.165) is 22.5 Å². The Kier molecular flexibility index (Phi) is 3.10. The van der Waals surface area contributed by atoms with Gasteiger partial charge in [-0.05, 0) is 39.1 Å². The molecule has 0 saturated heterocycles. The Balaban J connectivity index is 2.22. The molecule has 0 radical (unpaired) electrons. The van der Waals surface area contributed by atoms with Gasteiger partial charge in [-0.15, -0.1) is 0 Å². The van der Waals surface area contributed by atoms with Crippen LogP contribution in [-0.4, -0.2) is 29.0 Å². The van der Waals surface area contributed by atoms with E-state index >= 15 is 0 Å². The van der Waals surface area contributed by atoms with Crippen molar-refractivity contribution in [3.63, 3.8) is 0 Å². The summed E-state index contributed by atoms with van der Waals surface area (Å²) in [6, 6.07) is 5.41. The second kappa shape index (κ2) is 4.55. The maximum atomic E-state index is 11.7. The van der Waals surface area contributed by atoms with E-state index in [4.69, 9.17) is 0 Å². The molecule has 3 N–H and O–H groups in total. The fourth-order valence-electron chi connectivity index (χ4n) is 1.60. The first-order chi connectivity index (χ1) is 8.10. The summed E-state index contributed by atoms with van der Waals surface area (Å²) in [6.45, 7) is 3.72. The Hall–Kier alpha value is -1.88. The number of fused-ring (bicyclic) bond motifs is 1. The SMILES string of the molecule is CNC(C)C(=O)Nc1ccc2nc(C)[nH]c2c1. The molecule has 1 heterocycles. The zero-order chi connectivity index (χ0) is 12.4. The van der Waals surface area contributed by atoms with Gasteiger partial charge in [-0.3, -0.25) is 4.79 Å². The van der Waals surface area contributed by atoms with Gasteiger partial charge < -0.3 is 15.6 Å². The van der Waals surface area contributed by atoms with Gasteiger partial charge in [0, 0.05) is 5.69 Å². The van der Waals surface area contributed by atoms with Crippen LogP contribution in [0.5, 0.6) is 0 Å². The number of aryl methyl sites for hydroxylation is 1. The van der Waals surface area contributed by atoms with Crippen molar-refractivity contribution in [2.75, 3.05) is 12.4 Å². The highest BCUT2D eigenvalue weighted by Gasteiger charge is 2.10. The molecule has 0 saturated carbocycles. The number of anilines is 1. The molecule has 0 aliphatic carbocycles. The van der Waals surface area contributed by atoms with Gasteiger partial charge in [0.25, 0.3) is 0 Å². The first kappa shape index (κ1) is 11.6. The number of amides is 1. The molecule has 90 valence electrons. The predicted octanol–water partition coefficient (Wildman–Crippen LogP) is 1.42. The number of hydrogen-bond acceptors (Lipinski definition) is 3. The molecule has 0 aliphatic rings. The largest absolute Gasteiger partial charge is 0.342 e. The minimum atomic E-state index is -0.214. The number of nitrogens with zero attached hydrogens (tertiary/aromatic N) is 1. The Morgan fingerprint density at radius 1 is 1.47 bits per heavy atom. The fraction of sp³-hybridized carbons (Fsp3) is 0.333. The molecule has 1 unspecified atom stereocenters. The summed E-state index contributed by atoms with van der Waals surface area (Å²) < 4.78 is 0. The molecule has 0 bridgehead atoms. The number of H-pyrrole nitrogens is 1. The average molecular weight is 232 g/mol. The van der Waals surface area contributed by atoms with Crippen molar-refractivity contribution >= 4 is 22.6 Å². The molecule has 0 fully saturated rings. The van der Waals surface area contributed by atoms with Crippen molar-refractivity contribution in [1.29, 1.82) is 0 Å². The zero-order valence-corrected chi connectivity index (χ0v) is 10.2. The smallest absolute Gasteiger partial charge is 0.241 e. The van der Waals surface area contributed by atoms with Crippen LogP contribution < -0.4 is 10.6 Å². The van der Waals surface area contributed by atoms with E-state index < -0.39 is 0 Å². The van der Waals surface area contributed by atoms with Gasteiger partial charge >= 0.3 is 0 Å². The van der Waals surface area contributed by atoms with Gasteiger partial charge in [0.2, 0.25) is 5.91 Å². The number of aromatic amines is 1. The van der Waals surface area contributed by atoms with E-state index in [-0.39, 0.29) is 11.9 Å². The quantitative estimate of drug-likeness (QED) is 0.749. The molecule has 2 aromatic rings. The van der Waals surface area contributed by atoms with Crippen LogP contribution in [0.15, 0.2) is 18.2 Å². The molecule has 1 amide bonds. The van der Waals surface area contributed by atoms with E-state index in [9.17, 15) is 4.79 Å². The Morgan fingerprint density at radius 2 is 2.24 bits per heavy atom. The summed E-state index contributed by atoms with van der Waals surface area (Å²) in [5.74, 6) is 0.815. The van der Waals surface area contributed by atoms with Crippen molar-refractivity contribution in [2.45, 2.75) is 19.9 Å². The van der Waals surface area contributed by atoms with Crippen molar-refractivity contribution in [3.05, 3.63) is 24.0 Å². The second-order valence-corrected chi connectivity index (χ2v) is 4.05. The molecule has 17 heavy (non-hydrogen) atoms. The summed E-state index contributed by atoms with van der Waals surface area (Å²) in [5.41, 5.74) is 2.60. The van der Waals surface area contributed by atoms with Gasteiger partial charge in [-0.1, -0.05) is 0 Å². The lowest BCUT2D eigenvalue weighted by Crippen LogP contribution is -2.35. The van der Waals surface area contributed by atoms with Gasteiger partial charge in [-0.2, -0.15) is 0 Å². The maximum absolute atomic E-state index is 11.7. The van der Waals surface area contributed by atoms with Gasteiger partial charge in [0.05, 0.1) is 17.1 Å². The number of rotatable bonds is 3. The van der Waals surface area contributed by atoms with Crippen molar-refractivity contribution in [3.8, 4) is 0 Å². The molecular formula is C12H16N4O. The van der Waals surface area contributed by atoms with Gasteiger partial charge in [-0.25, -0.2) is 4.98 Å². The normalized spacial score (nSPS) is 12.6. The maximum Gasteiger partial charge on any atom is 0.241 e. The topological polar surface area (TPSA) is 69.8 Å². The Bertz CT molecular complexity index is 546. The predicted molar refractivity (Wildman–Crippen MR) is 68.0 cm³/mol. The third-order valence-electron chi connectivity index (χ3n) is 2.69. The number of benzene rings is 1. The summed E-state index contributed by atoms with van der Waals surface area (Å²) >= 11 is 0. The van der Waals surface area contributed by atoms with Gasteiger partial charge in [0.1, 0.15) is 5.82 Å². The molecule has 5 heteroatoms. The monoisotopic (exact) mass is 232 g/mol. The van der Waals surface area contributed by atoms with Crippen LogP contribution in [0, 0.1) is 6.92 Å². The summed E-state index contributed by atoms with van der Waals surface area (Å²) in [5, 5.41) is 5.74. The van der Waals surface area contributed by atoms with Crippen molar-refractivity contribution in [2.24, 2.45) is 0 Å². The molecule has 0 spiro atoms. The molecule has 0 aliphatic heterocycles. The molecule has 1 atom stereocenters. The third-order valence-corrected chi connectivity index (χ3v) is 2.69. The lowest BCUT2D eigenvalue weighted by Gasteiger charge is -2.10. The average Bonchev–Trinajstić information content (AvgIpc) is 2.67. The van der Waals surface area contributed by atoms with E-state index in [1.54, 1.807) is 7.05 Å². The lowest BCUT2D eigenvalue weighted by atomic mass is 10.2. The number of likely N-dealkylation sites (N-methyl/N-ethyl adjacent to an activating group) is 1. The second-order valence-electron chi connectivity index (χ2n) is 4.05. The molecule has 2 rings (SSSR count). The number of aromatic nitrogens is 2. The summed E-state index contributed by atoms with van der Waals surface area (Å²) in [7, 11) is 1.76. The van der Waals surface area contributed by atoms with Crippen LogP contribution >= 0.6 is 0 Å². The first-order valence-corrected chi connectivity index (χ1v) is 5.54. The number of carbonyl (C=O) groups excluding carboxylic acids is 1. The summed E-state index contributed by atoms with van der Waals surface area (Å²) in [4.78, 5) is 19.1. The highest BCUT2D eigenvalue weighted by molar-refractivity contribution is 5.96. The zero-order valence-electron chi connectivity index (χ0n) is 10.2. The van der Waals surface area contributed by atoms with E-state index in [1.807, 2.05) is 32.0 Å². The third kappa shape index (κ3) is 2.45. The van der Waals surface area contributed by atoms with Crippen LogP contribution in [0.4, 0.5) is 5.69 Å². The number of imidazole rings is 1. The van der Waals surface area contributed by atoms with E-state index in [1.165, 1.54) is 0 Å². The van der Waals surface area contributed by atoms with Crippen LogP contribution in [-0.2, 0) is 4.79 Å². The number of carbonyl (C=O) groups is 1. The molecule has 1 aromatic heterocycles. The molecular weight excluding hydrogens is 216 g/mol. The van der Waals surface area contributed by atoms with Gasteiger partial charge in [0.15, 0.2) is 0 Å². The standard InChI is InChI=1S/C12H16N4O/c1-7(13-3)12(17)16-9-4-5-10-11(6-9)15-8(2)14-10/h4-7,13H,1-3H3,(H,14,15)(H,16,17). The summed E-state index contributed by atoms with van der Waals surface area (Å²) in [6.07, 6.45) is 0. The minimum absolute atomic E-state index is 0.0527. The Morgan fingerprint density at radius 3 is 2.94 bits per heavy atom. The van der Waals surface area contributed by atoms with Crippen molar-refractivity contribution < 1.29 is 4.79 Å². The van der Waals surface area contributed by atoms with Crippen LogP contribution in [0.2, 0.25) is 0 Å². The first-order valence-electron chi connectivity index (χ1n) is 5.54. The van der Waals surface area contributed by atoms with Crippen LogP contribution in [0.1, 0.15) is 12.7 Å². The lowest BCUT2D eigenvalue weighted by molar-refractivity contribution is -0.117. The van der Waals surface area contributed by atoms with Crippen LogP contribution in [0.25, 0.3) is 11.0 Å². The van der Waals surface area contributed by atoms with E-state index in [2.05, 4.69) is 20.6 Å². The number of nitrogens with one attached hydrogen (secondary N) is 3. The van der Waals surface area contributed by atoms with E-state index in [0.29, 0.717) is 0 Å². The molecule has 5 nitrogen and oxygen atoms in total. The molecule has 1 aromatic carbocycles. The number of hydrogen-bond donors (Lipinski definition) is 3. The Labute approximate surface area is 99.6 Å². The van der Waals surface area contributed by atoms with Crippen molar-refractivity contribution in [1.82, 2.24) is 15.3 Å². The highest BCUT2D eigenvalue weighted by Crippen LogP contribution is 2.17.